The molecule has 0 saturated carbocycles. The van der Waals surface area contributed by atoms with Crippen molar-refractivity contribution in [1.82, 2.24) is 5.32 Å². The summed E-state index contributed by atoms with van der Waals surface area (Å²) < 4.78 is 18.4. The van der Waals surface area contributed by atoms with Gasteiger partial charge in [0.1, 0.15) is 5.82 Å². The highest BCUT2D eigenvalue weighted by molar-refractivity contribution is 5.25. The third-order valence-electron chi connectivity index (χ3n) is 2.13. The fourth-order valence-corrected chi connectivity index (χ4v) is 1.40. The first kappa shape index (κ1) is 12.1. The van der Waals surface area contributed by atoms with E-state index in [1.54, 1.807) is 26.3 Å². The third-order valence-corrected chi connectivity index (χ3v) is 2.13. The van der Waals surface area contributed by atoms with E-state index in [0.717, 1.165) is 5.56 Å². The van der Waals surface area contributed by atoms with E-state index in [0.29, 0.717) is 18.7 Å². The molecule has 1 unspecified atom stereocenters. The lowest BCUT2D eigenvalue weighted by Gasteiger charge is -2.12. The van der Waals surface area contributed by atoms with Gasteiger partial charge in [-0.3, -0.25) is 0 Å². The van der Waals surface area contributed by atoms with Crippen LogP contribution in [0.4, 0.5) is 4.39 Å². The van der Waals surface area contributed by atoms with Gasteiger partial charge in [-0.15, -0.1) is 0 Å². The van der Waals surface area contributed by atoms with Crippen LogP contribution >= 0.6 is 0 Å². The van der Waals surface area contributed by atoms with Gasteiger partial charge in [0.05, 0.1) is 12.7 Å². The molecule has 1 atom stereocenters. The number of rotatable bonds is 5. The van der Waals surface area contributed by atoms with E-state index in [-0.39, 0.29) is 0 Å². The summed E-state index contributed by atoms with van der Waals surface area (Å²) in [6, 6.07) is 4.73. The van der Waals surface area contributed by atoms with E-state index in [2.05, 4.69) is 5.32 Å². The van der Waals surface area contributed by atoms with E-state index >= 15 is 0 Å². The minimum absolute atomic E-state index is 0.309. The summed E-state index contributed by atoms with van der Waals surface area (Å²) in [5.41, 5.74) is 1.07. The van der Waals surface area contributed by atoms with E-state index in [1.165, 1.54) is 6.07 Å². The monoisotopic (exact) mass is 213 g/mol. The Morgan fingerprint density at radius 2 is 2.27 bits per heavy atom. The van der Waals surface area contributed by atoms with Gasteiger partial charge in [-0.2, -0.15) is 0 Å². The highest BCUT2D eigenvalue weighted by Gasteiger charge is 2.12. The summed E-state index contributed by atoms with van der Waals surface area (Å²) in [6.45, 7) is 0.708. The van der Waals surface area contributed by atoms with E-state index in [4.69, 9.17) is 4.74 Å². The first-order chi connectivity index (χ1) is 7.19. The number of hydrogen-bond acceptors (Lipinski definition) is 3. The molecule has 0 amide bonds. The Morgan fingerprint density at radius 3 is 2.80 bits per heavy atom. The van der Waals surface area contributed by atoms with Crippen LogP contribution < -0.4 is 5.32 Å². The molecule has 0 aliphatic heterocycles. The highest BCUT2D eigenvalue weighted by Crippen LogP contribution is 2.18. The van der Waals surface area contributed by atoms with Crippen molar-refractivity contribution in [3.63, 3.8) is 0 Å². The van der Waals surface area contributed by atoms with Crippen molar-refractivity contribution in [2.24, 2.45) is 0 Å². The smallest absolute Gasteiger partial charge is 0.129 e. The quantitative estimate of drug-likeness (QED) is 0.773. The summed E-state index contributed by atoms with van der Waals surface area (Å²) in [5.74, 6) is -0.396. The normalized spacial score (nSPS) is 12.8. The minimum atomic E-state index is -0.813. The van der Waals surface area contributed by atoms with Gasteiger partial charge in [0, 0.05) is 19.2 Å². The number of ether oxygens (including phenoxy) is 1. The van der Waals surface area contributed by atoms with Crippen LogP contribution in [0.25, 0.3) is 0 Å². The predicted molar refractivity (Wildman–Crippen MR) is 56.0 cm³/mol. The van der Waals surface area contributed by atoms with Crippen LogP contribution in [0.15, 0.2) is 18.2 Å². The molecule has 0 fully saturated rings. The van der Waals surface area contributed by atoms with Crippen LogP contribution in [0.2, 0.25) is 0 Å². The Labute approximate surface area is 88.9 Å². The first-order valence-corrected chi connectivity index (χ1v) is 4.79. The molecular formula is C11H16FNO2. The van der Waals surface area contributed by atoms with Gasteiger partial charge in [0.2, 0.25) is 0 Å². The first-order valence-electron chi connectivity index (χ1n) is 4.79. The molecule has 0 aliphatic rings. The molecular weight excluding hydrogens is 197 g/mol. The second kappa shape index (κ2) is 5.80. The maximum absolute atomic E-state index is 13.5. The largest absolute Gasteiger partial charge is 0.387 e. The van der Waals surface area contributed by atoms with Gasteiger partial charge in [0.25, 0.3) is 0 Å². The van der Waals surface area contributed by atoms with E-state index in [1.807, 2.05) is 0 Å². The molecule has 4 heteroatoms. The maximum atomic E-state index is 13.5. The highest BCUT2D eigenvalue weighted by atomic mass is 19.1. The molecule has 0 bridgehead atoms. The van der Waals surface area contributed by atoms with Crippen LogP contribution in [0, 0.1) is 5.82 Å². The Kier molecular flexibility index (Phi) is 4.68. The van der Waals surface area contributed by atoms with E-state index < -0.39 is 11.9 Å². The van der Waals surface area contributed by atoms with Gasteiger partial charge in [0.15, 0.2) is 0 Å². The van der Waals surface area contributed by atoms with Crippen LogP contribution in [0.3, 0.4) is 0 Å². The molecule has 0 saturated heterocycles. The van der Waals surface area contributed by atoms with Gasteiger partial charge < -0.3 is 15.2 Å². The lowest BCUT2D eigenvalue weighted by Crippen LogP contribution is -2.17. The van der Waals surface area contributed by atoms with Crippen molar-refractivity contribution < 1.29 is 14.2 Å². The molecule has 1 aromatic rings. The zero-order valence-corrected chi connectivity index (χ0v) is 8.96. The number of aliphatic hydroxyl groups is 1. The number of halogens is 1. The SMILES string of the molecule is CNCC(O)c1ccc(COC)cc1F. The molecule has 1 rings (SSSR count). The van der Waals surface area contributed by atoms with Crippen LogP contribution in [-0.2, 0) is 11.3 Å². The zero-order chi connectivity index (χ0) is 11.3. The molecule has 1 aromatic carbocycles. The molecule has 3 nitrogen and oxygen atoms in total. The van der Waals surface area contributed by atoms with Crippen molar-refractivity contribution >= 4 is 0 Å². The van der Waals surface area contributed by atoms with Crippen molar-refractivity contribution in [2.45, 2.75) is 12.7 Å². The maximum Gasteiger partial charge on any atom is 0.129 e. The van der Waals surface area contributed by atoms with Crippen LogP contribution in [0.1, 0.15) is 17.2 Å². The average molecular weight is 213 g/mol. The fourth-order valence-electron chi connectivity index (χ4n) is 1.40. The van der Waals surface area contributed by atoms with Crippen LogP contribution in [0.5, 0.6) is 0 Å². The predicted octanol–water partition coefficient (Wildman–Crippen LogP) is 1.22. The van der Waals surface area contributed by atoms with Gasteiger partial charge in [-0.1, -0.05) is 12.1 Å². The van der Waals surface area contributed by atoms with Gasteiger partial charge in [-0.05, 0) is 18.7 Å². The second-order valence-electron chi connectivity index (χ2n) is 3.36. The van der Waals surface area contributed by atoms with Crippen molar-refractivity contribution in [2.75, 3.05) is 20.7 Å². The number of benzene rings is 1. The summed E-state index contributed by atoms with van der Waals surface area (Å²) in [7, 11) is 3.27. The van der Waals surface area contributed by atoms with Crippen molar-refractivity contribution in [3.05, 3.63) is 35.1 Å². The van der Waals surface area contributed by atoms with Crippen molar-refractivity contribution in [3.8, 4) is 0 Å². The van der Waals surface area contributed by atoms with E-state index in [9.17, 15) is 9.50 Å². The fraction of sp³-hybridized carbons (Fsp3) is 0.455. The molecule has 0 heterocycles. The Hall–Kier alpha value is -0.970. The number of nitrogens with one attached hydrogen (secondary N) is 1. The van der Waals surface area contributed by atoms with Gasteiger partial charge in [-0.25, -0.2) is 4.39 Å². The van der Waals surface area contributed by atoms with Gasteiger partial charge >= 0.3 is 0 Å². The number of hydrogen-bond donors (Lipinski definition) is 2. The molecule has 0 aromatic heterocycles. The standard InChI is InChI=1S/C11H16FNO2/c1-13-6-11(14)9-4-3-8(7-15-2)5-10(9)12/h3-5,11,13-14H,6-7H2,1-2H3. The third kappa shape index (κ3) is 3.27. The summed E-state index contributed by atoms with van der Waals surface area (Å²) in [4.78, 5) is 0. The number of likely N-dealkylation sites (N-methyl/N-ethyl adjacent to an activating group) is 1. The molecule has 0 spiro atoms. The average Bonchev–Trinajstić information content (AvgIpc) is 2.18. The molecule has 0 aliphatic carbocycles. The molecule has 2 N–H and O–H groups in total. The molecule has 0 radical (unpaired) electrons. The lowest BCUT2D eigenvalue weighted by atomic mass is 10.1. The number of methoxy groups -OCH3 is 1. The lowest BCUT2D eigenvalue weighted by molar-refractivity contribution is 0.171. The Balaban J connectivity index is 2.82. The molecule has 15 heavy (non-hydrogen) atoms. The topological polar surface area (TPSA) is 41.5 Å². The zero-order valence-electron chi connectivity index (χ0n) is 8.96. The second-order valence-corrected chi connectivity index (χ2v) is 3.36. The summed E-state index contributed by atoms with van der Waals surface area (Å²) in [5, 5.41) is 12.4. The minimum Gasteiger partial charge on any atom is -0.387 e. The summed E-state index contributed by atoms with van der Waals surface area (Å²) in [6.07, 6.45) is -0.813. The summed E-state index contributed by atoms with van der Waals surface area (Å²) >= 11 is 0. The molecule has 84 valence electrons. The van der Waals surface area contributed by atoms with Crippen molar-refractivity contribution in [1.29, 1.82) is 0 Å². The number of aliphatic hydroxyl groups excluding tert-OH is 1. The van der Waals surface area contributed by atoms with Crippen LogP contribution in [-0.4, -0.2) is 25.8 Å². The Bertz CT molecular complexity index is 317. The Morgan fingerprint density at radius 1 is 1.53 bits per heavy atom.